The Morgan fingerprint density at radius 3 is 2.81 bits per heavy atom. The Bertz CT molecular complexity index is 532. The zero-order valence-corrected chi connectivity index (χ0v) is 13.3. The van der Waals surface area contributed by atoms with Crippen molar-refractivity contribution in [2.24, 2.45) is 5.41 Å². The van der Waals surface area contributed by atoms with Crippen molar-refractivity contribution in [3.63, 3.8) is 0 Å². The monoisotopic (exact) mass is 305 g/mol. The summed E-state index contributed by atoms with van der Waals surface area (Å²) in [6, 6.07) is 5.02. The molecule has 2 saturated carbocycles. The lowest BCUT2D eigenvalue weighted by atomic mass is 9.79. The summed E-state index contributed by atoms with van der Waals surface area (Å²) in [6.07, 6.45) is 10.3. The highest BCUT2D eigenvalue weighted by molar-refractivity contribution is 6.30. The van der Waals surface area contributed by atoms with Gasteiger partial charge in [0.05, 0.1) is 6.61 Å². The first-order chi connectivity index (χ1) is 10.2. The molecule has 0 aromatic heterocycles. The van der Waals surface area contributed by atoms with E-state index in [9.17, 15) is 0 Å². The minimum atomic E-state index is 0.424. The van der Waals surface area contributed by atoms with Crippen molar-refractivity contribution in [1.29, 1.82) is 0 Å². The molecule has 0 atom stereocenters. The Labute approximate surface area is 132 Å². The molecule has 1 N–H and O–H groups in total. The van der Waals surface area contributed by atoms with E-state index in [1.807, 2.05) is 0 Å². The first-order valence-corrected chi connectivity index (χ1v) is 8.79. The number of hydrogen-bond acceptors (Lipinski definition) is 2. The second-order valence-electron chi connectivity index (χ2n) is 7.19. The van der Waals surface area contributed by atoms with E-state index in [0.29, 0.717) is 5.41 Å². The van der Waals surface area contributed by atoms with Crippen molar-refractivity contribution in [2.45, 2.75) is 57.4 Å². The van der Waals surface area contributed by atoms with Crippen LogP contribution in [0, 0.1) is 5.41 Å². The van der Waals surface area contributed by atoms with Gasteiger partial charge in [-0.2, -0.15) is 0 Å². The Kier molecular flexibility index (Phi) is 3.63. The van der Waals surface area contributed by atoms with Gasteiger partial charge in [0.1, 0.15) is 5.75 Å². The lowest BCUT2D eigenvalue weighted by molar-refractivity contribution is 0.270. The van der Waals surface area contributed by atoms with E-state index in [1.165, 1.54) is 56.2 Å². The van der Waals surface area contributed by atoms with Crippen LogP contribution < -0.4 is 10.1 Å². The molecule has 4 rings (SSSR count). The topological polar surface area (TPSA) is 21.3 Å². The first kappa shape index (κ1) is 13.9. The molecule has 2 fully saturated rings. The highest BCUT2D eigenvalue weighted by atomic mass is 35.5. The van der Waals surface area contributed by atoms with Crippen molar-refractivity contribution in [3.05, 3.63) is 28.3 Å². The fraction of sp³-hybridized carbons (Fsp3) is 0.667. The van der Waals surface area contributed by atoms with Gasteiger partial charge in [-0.25, -0.2) is 0 Å². The molecule has 114 valence electrons. The van der Waals surface area contributed by atoms with E-state index >= 15 is 0 Å². The molecule has 2 nitrogen and oxygen atoms in total. The molecule has 0 bridgehead atoms. The standard InChI is InChI=1S/C18H24ClNO/c19-15-9-13-5-8-21-17(13)14(10-15)11-18(6-1-2-7-18)12-20-16-3-4-16/h9-10,16,20H,1-8,11-12H2. The number of rotatable bonds is 5. The van der Waals surface area contributed by atoms with E-state index in [4.69, 9.17) is 16.3 Å². The van der Waals surface area contributed by atoms with Gasteiger partial charge in [-0.1, -0.05) is 24.4 Å². The zero-order chi connectivity index (χ0) is 14.3. The molecule has 1 aromatic rings. The second-order valence-corrected chi connectivity index (χ2v) is 7.63. The number of halogens is 1. The van der Waals surface area contributed by atoms with E-state index < -0.39 is 0 Å². The van der Waals surface area contributed by atoms with Gasteiger partial charge >= 0.3 is 0 Å². The number of ether oxygens (including phenoxy) is 1. The summed E-state index contributed by atoms with van der Waals surface area (Å²) in [4.78, 5) is 0. The summed E-state index contributed by atoms with van der Waals surface area (Å²) >= 11 is 6.33. The van der Waals surface area contributed by atoms with Crippen LogP contribution in [-0.2, 0) is 12.8 Å². The minimum Gasteiger partial charge on any atom is -0.493 e. The lowest BCUT2D eigenvalue weighted by Gasteiger charge is -2.30. The third-order valence-corrected chi connectivity index (χ3v) is 5.62. The largest absolute Gasteiger partial charge is 0.493 e. The lowest BCUT2D eigenvalue weighted by Crippen LogP contribution is -2.35. The molecule has 0 unspecified atom stereocenters. The maximum Gasteiger partial charge on any atom is 0.125 e. The molecule has 1 aliphatic heterocycles. The van der Waals surface area contributed by atoms with Crippen LogP contribution in [0.2, 0.25) is 5.02 Å². The number of nitrogens with one attached hydrogen (secondary N) is 1. The van der Waals surface area contributed by atoms with Crippen molar-refractivity contribution in [1.82, 2.24) is 5.32 Å². The van der Waals surface area contributed by atoms with E-state index in [0.717, 1.165) is 36.3 Å². The Morgan fingerprint density at radius 2 is 2.05 bits per heavy atom. The molecule has 2 aliphatic carbocycles. The smallest absolute Gasteiger partial charge is 0.125 e. The van der Waals surface area contributed by atoms with E-state index in [1.54, 1.807) is 0 Å². The summed E-state index contributed by atoms with van der Waals surface area (Å²) in [5, 5.41) is 4.64. The van der Waals surface area contributed by atoms with Gasteiger partial charge in [0.2, 0.25) is 0 Å². The summed E-state index contributed by atoms with van der Waals surface area (Å²) < 4.78 is 5.90. The quantitative estimate of drug-likeness (QED) is 0.883. The summed E-state index contributed by atoms with van der Waals surface area (Å²) in [6.45, 7) is 1.98. The molecule has 0 amide bonds. The van der Waals surface area contributed by atoms with Gasteiger partial charge in [0.25, 0.3) is 0 Å². The molecule has 3 aliphatic rings. The van der Waals surface area contributed by atoms with Crippen molar-refractivity contribution < 1.29 is 4.74 Å². The van der Waals surface area contributed by atoms with Crippen molar-refractivity contribution >= 4 is 11.6 Å². The summed E-state index contributed by atoms with van der Waals surface area (Å²) in [5.41, 5.74) is 3.07. The second kappa shape index (κ2) is 5.48. The maximum atomic E-state index is 6.33. The summed E-state index contributed by atoms with van der Waals surface area (Å²) in [5.74, 6) is 1.14. The normalized spacial score (nSPS) is 23.1. The maximum absolute atomic E-state index is 6.33. The molecule has 3 heteroatoms. The van der Waals surface area contributed by atoms with Crippen LogP contribution in [0.25, 0.3) is 0 Å². The van der Waals surface area contributed by atoms with Crippen LogP contribution >= 0.6 is 11.6 Å². The average molecular weight is 306 g/mol. The van der Waals surface area contributed by atoms with Crippen LogP contribution in [0.5, 0.6) is 5.75 Å². The fourth-order valence-electron chi connectivity index (χ4n) is 4.07. The predicted molar refractivity (Wildman–Crippen MR) is 86.3 cm³/mol. The fourth-order valence-corrected chi connectivity index (χ4v) is 4.33. The Balaban J connectivity index is 1.57. The van der Waals surface area contributed by atoms with Gasteiger partial charge in [-0.3, -0.25) is 0 Å². The Morgan fingerprint density at radius 1 is 1.24 bits per heavy atom. The summed E-state index contributed by atoms with van der Waals surface area (Å²) in [7, 11) is 0. The molecular weight excluding hydrogens is 282 g/mol. The van der Waals surface area contributed by atoms with Crippen LogP contribution in [0.15, 0.2) is 12.1 Å². The molecule has 1 heterocycles. The number of benzene rings is 1. The van der Waals surface area contributed by atoms with Gasteiger partial charge in [-0.05, 0) is 60.8 Å². The van der Waals surface area contributed by atoms with Crippen LogP contribution in [0.3, 0.4) is 0 Å². The van der Waals surface area contributed by atoms with Gasteiger partial charge < -0.3 is 10.1 Å². The SMILES string of the molecule is Clc1cc2c(c(CC3(CNC4CC4)CCCC3)c1)OCC2. The van der Waals surface area contributed by atoms with Crippen LogP contribution in [-0.4, -0.2) is 19.2 Å². The highest BCUT2D eigenvalue weighted by Gasteiger charge is 2.37. The Hall–Kier alpha value is -0.730. The highest BCUT2D eigenvalue weighted by Crippen LogP contribution is 2.44. The van der Waals surface area contributed by atoms with Gasteiger partial charge in [-0.15, -0.1) is 0 Å². The molecule has 0 spiro atoms. The van der Waals surface area contributed by atoms with Gasteiger partial charge in [0.15, 0.2) is 0 Å². The molecule has 0 radical (unpaired) electrons. The third kappa shape index (κ3) is 2.93. The van der Waals surface area contributed by atoms with Gasteiger partial charge in [0, 0.05) is 24.0 Å². The minimum absolute atomic E-state index is 0.424. The molecule has 0 saturated heterocycles. The molecule has 21 heavy (non-hydrogen) atoms. The van der Waals surface area contributed by atoms with Crippen molar-refractivity contribution in [3.8, 4) is 5.75 Å². The molecule has 1 aromatic carbocycles. The predicted octanol–water partition coefficient (Wildman–Crippen LogP) is 4.13. The number of hydrogen-bond donors (Lipinski definition) is 1. The number of fused-ring (bicyclic) bond motifs is 1. The van der Waals surface area contributed by atoms with Crippen LogP contribution in [0.4, 0.5) is 0 Å². The average Bonchev–Trinajstić information content (AvgIpc) is 2.97. The van der Waals surface area contributed by atoms with Crippen LogP contribution in [0.1, 0.15) is 49.7 Å². The third-order valence-electron chi connectivity index (χ3n) is 5.40. The first-order valence-electron chi connectivity index (χ1n) is 8.42. The molecular formula is C18H24ClNO. The zero-order valence-electron chi connectivity index (χ0n) is 12.6. The van der Waals surface area contributed by atoms with E-state index in [-0.39, 0.29) is 0 Å². The van der Waals surface area contributed by atoms with E-state index in [2.05, 4.69) is 17.4 Å². The van der Waals surface area contributed by atoms with Crippen molar-refractivity contribution in [2.75, 3.05) is 13.2 Å².